The van der Waals surface area contributed by atoms with E-state index in [0.29, 0.717) is 5.92 Å². The highest BCUT2D eigenvalue weighted by Gasteiger charge is 2.49. The van der Waals surface area contributed by atoms with Crippen LogP contribution in [0.5, 0.6) is 17.2 Å². The van der Waals surface area contributed by atoms with Crippen molar-refractivity contribution in [1.29, 1.82) is 0 Å². The van der Waals surface area contributed by atoms with E-state index < -0.39 is 5.60 Å². The van der Waals surface area contributed by atoms with Crippen LogP contribution in [0.1, 0.15) is 30.4 Å². The molecule has 28 heavy (non-hydrogen) atoms. The van der Waals surface area contributed by atoms with E-state index in [-0.39, 0.29) is 12.7 Å². The van der Waals surface area contributed by atoms with Gasteiger partial charge in [0.05, 0.1) is 12.7 Å². The number of hydrogen-bond acceptors (Lipinski definition) is 5. The average Bonchev–Trinajstić information content (AvgIpc) is 3.35. The lowest BCUT2D eigenvalue weighted by molar-refractivity contribution is -0.0648. The Balaban J connectivity index is 1.38. The van der Waals surface area contributed by atoms with Crippen LogP contribution in [-0.4, -0.2) is 37.0 Å². The third-order valence-corrected chi connectivity index (χ3v) is 6.71. The van der Waals surface area contributed by atoms with Crippen molar-refractivity contribution in [3.05, 3.63) is 53.6 Å². The molecule has 2 heterocycles. The molecule has 1 saturated heterocycles. The van der Waals surface area contributed by atoms with Crippen molar-refractivity contribution in [3.8, 4) is 17.2 Å². The number of benzene rings is 2. The molecule has 3 atom stereocenters. The fraction of sp³-hybridized carbons (Fsp3) is 0.478. The smallest absolute Gasteiger partial charge is 0.231 e. The lowest BCUT2D eigenvalue weighted by atomic mass is 9.67. The van der Waals surface area contributed by atoms with E-state index >= 15 is 0 Å². The molecule has 1 aliphatic carbocycles. The largest absolute Gasteiger partial charge is 0.496 e. The van der Waals surface area contributed by atoms with Gasteiger partial charge in [-0.1, -0.05) is 30.3 Å². The van der Waals surface area contributed by atoms with E-state index in [1.165, 1.54) is 6.42 Å². The first-order valence-electron chi connectivity index (χ1n) is 10.1. The van der Waals surface area contributed by atoms with E-state index in [2.05, 4.69) is 17.0 Å². The molecular formula is C23H27NO4. The molecule has 1 saturated carbocycles. The number of fused-ring (bicyclic) bond motifs is 2. The van der Waals surface area contributed by atoms with Crippen LogP contribution in [0.2, 0.25) is 0 Å². The fourth-order valence-electron chi connectivity index (χ4n) is 5.35. The molecule has 5 nitrogen and oxygen atoms in total. The fourth-order valence-corrected chi connectivity index (χ4v) is 5.35. The van der Waals surface area contributed by atoms with Crippen molar-refractivity contribution in [1.82, 2.24) is 4.90 Å². The third kappa shape index (κ3) is 2.93. The molecule has 0 radical (unpaired) electrons. The Bertz CT molecular complexity index is 855. The Hall–Kier alpha value is -2.24. The first-order valence-corrected chi connectivity index (χ1v) is 10.1. The van der Waals surface area contributed by atoms with Crippen molar-refractivity contribution in [3.63, 3.8) is 0 Å². The zero-order valence-electron chi connectivity index (χ0n) is 16.3. The van der Waals surface area contributed by atoms with Gasteiger partial charge in [-0.2, -0.15) is 0 Å². The first-order chi connectivity index (χ1) is 13.7. The van der Waals surface area contributed by atoms with Crippen molar-refractivity contribution in [2.75, 3.05) is 27.0 Å². The van der Waals surface area contributed by atoms with Crippen LogP contribution in [0, 0.1) is 11.8 Å². The summed E-state index contributed by atoms with van der Waals surface area (Å²) in [6, 6.07) is 14.2. The van der Waals surface area contributed by atoms with E-state index in [1.54, 1.807) is 7.11 Å². The maximum absolute atomic E-state index is 11.6. The van der Waals surface area contributed by atoms with E-state index in [1.807, 2.05) is 30.3 Å². The van der Waals surface area contributed by atoms with Crippen molar-refractivity contribution in [2.45, 2.75) is 31.4 Å². The Kier molecular flexibility index (Phi) is 4.44. The molecule has 5 rings (SSSR count). The SMILES string of the molecule is COc1cc2c(cc1CN1C[C@@H]3CCC[C@@](O)(c4ccccc4)[C@@H]3C1)OCO2. The third-order valence-electron chi connectivity index (χ3n) is 6.71. The van der Waals surface area contributed by atoms with Gasteiger partial charge in [0.15, 0.2) is 11.5 Å². The maximum atomic E-state index is 11.6. The number of aliphatic hydroxyl groups is 1. The zero-order valence-corrected chi connectivity index (χ0v) is 16.3. The van der Waals surface area contributed by atoms with Crippen LogP contribution in [0.15, 0.2) is 42.5 Å². The van der Waals surface area contributed by atoms with Gasteiger partial charge in [0.25, 0.3) is 0 Å². The summed E-state index contributed by atoms with van der Waals surface area (Å²) >= 11 is 0. The molecule has 5 heteroatoms. The Labute approximate surface area is 165 Å². The summed E-state index contributed by atoms with van der Waals surface area (Å²) in [7, 11) is 1.69. The second-order valence-corrected chi connectivity index (χ2v) is 8.26. The van der Waals surface area contributed by atoms with Crippen molar-refractivity contribution >= 4 is 0 Å². The minimum atomic E-state index is -0.724. The lowest BCUT2D eigenvalue weighted by Crippen LogP contribution is -2.42. The number of nitrogens with zero attached hydrogens (tertiary/aromatic N) is 1. The van der Waals surface area contributed by atoms with E-state index in [0.717, 1.165) is 60.9 Å². The molecular weight excluding hydrogens is 354 g/mol. The molecule has 2 aliphatic heterocycles. The summed E-state index contributed by atoms with van der Waals surface area (Å²) < 4.78 is 16.6. The highest BCUT2D eigenvalue weighted by Crippen LogP contribution is 2.49. The molecule has 0 bridgehead atoms. The molecule has 2 aromatic carbocycles. The van der Waals surface area contributed by atoms with Gasteiger partial charge in [-0.25, -0.2) is 0 Å². The van der Waals surface area contributed by atoms with Gasteiger partial charge in [-0.3, -0.25) is 4.90 Å². The molecule has 1 N–H and O–H groups in total. The number of methoxy groups -OCH3 is 1. The minimum Gasteiger partial charge on any atom is -0.496 e. The molecule has 148 valence electrons. The van der Waals surface area contributed by atoms with Gasteiger partial charge in [0.2, 0.25) is 6.79 Å². The summed E-state index contributed by atoms with van der Waals surface area (Å²) in [5.74, 6) is 3.16. The molecule has 3 aliphatic rings. The van der Waals surface area contributed by atoms with Gasteiger partial charge < -0.3 is 19.3 Å². The topological polar surface area (TPSA) is 51.2 Å². The molecule has 0 amide bonds. The molecule has 2 fully saturated rings. The van der Waals surface area contributed by atoms with Crippen molar-refractivity contribution in [2.24, 2.45) is 11.8 Å². The van der Waals surface area contributed by atoms with Gasteiger partial charge in [0, 0.05) is 37.2 Å². The molecule has 0 spiro atoms. The molecule has 0 unspecified atom stereocenters. The molecule has 2 aromatic rings. The summed E-state index contributed by atoms with van der Waals surface area (Å²) in [5, 5.41) is 11.6. The molecule has 0 aromatic heterocycles. The van der Waals surface area contributed by atoms with Gasteiger partial charge in [-0.15, -0.1) is 0 Å². The highest BCUT2D eigenvalue weighted by atomic mass is 16.7. The number of rotatable bonds is 4. The Morgan fingerprint density at radius 3 is 2.71 bits per heavy atom. The van der Waals surface area contributed by atoms with Crippen LogP contribution in [0.3, 0.4) is 0 Å². The van der Waals surface area contributed by atoms with E-state index in [9.17, 15) is 5.11 Å². The average molecular weight is 381 g/mol. The number of hydrogen-bond donors (Lipinski definition) is 1. The monoisotopic (exact) mass is 381 g/mol. The number of likely N-dealkylation sites (tertiary alicyclic amines) is 1. The normalized spacial score (nSPS) is 28.9. The summed E-state index contributed by atoms with van der Waals surface area (Å²) in [4.78, 5) is 2.45. The predicted octanol–water partition coefficient (Wildman–Crippen LogP) is 3.54. The van der Waals surface area contributed by atoms with E-state index in [4.69, 9.17) is 14.2 Å². The second kappa shape index (κ2) is 6.98. The minimum absolute atomic E-state index is 0.264. The van der Waals surface area contributed by atoms with Gasteiger partial charge >= 0.3 is 0 Å². The number of ether oxygens (including phenoxy) is 3. The quantitative estimate of drug-likeness (QED) is 0.878. The van der Waals surface area contributed by atoms with Crippen LogP contribution in [-0.2, 0) is 12.1 Å². The second-order valence-electron chi connectivity index (χ2n) is 8.26. The zero-order chi connectivity index (χ0) is 19.1. The standard InChI is InChI=1S/C23H27NO4/c1-26-20-11-22-21(27-15-28-22)10-17(20)13-24-12-16-6-5-9-23(25,19(16)14-24)18-7-3-2-4-8-18/h2-4,7-8,10-11,16,19,25H,5-6,9,12-15H2,1H3/t16-,19+,23+/m0/s1. The van der Waals surface area contributed by atoms with Crippen LogP contribution in [0.4, 0.5) is 0 Å². The van der Waals surface area contributed by atoms with Gasteiger partial charge in [0.1, 0.15) is 5.75 Å². The summed E-state index contributed by atoms with van der Waals surface area (Å²) in [5.41, 5.74) is 1.44. The summed E-state index contributed by atoms with van der Waals surface area (Å²) in [6.45, 7) is 2.96. The highest BCUT2D eigenvalue weighted by molar-refractivity contribution is 5.51. The summed E-state index contributed by atoms with van der Waals surface area (Å²) in [6.07, 6.45) is 3.11. The maximum Gasteiger partial charge on any atom is 0.231 e. The van der Waals surface area contributed by atoms with Crippen LogP contribution < -0.4 is 14.2 Å². The Morgan fingerprint density at radius 2 is 1.93 bits per heavy atom. The first kappa shape index (κ1) is 17.8. The van der Waals surface area contributed by atoms with Gasteiger partial charge in [-0.05, 0) is 36.8 Å². The lowest BCUT2D eigenvalue weighted by Gasteiger charge is -2.41. The van der Waals surface area contributed by atoms with Crippen LogP contribution >= 0.6 is 0 Å². The predicted molar refractivity (Wildman–Crippen MR) is 106 cm³/mol. The van der Waals surface area contributed by atoms with Crippen molar-refractivity contribution < 1.29 is 19.3 Å². The van der Waals surface area contributed by atoms with Crippen LogP contribution in [0.25, 0.3) is 0 Å². The Morgan fingerprint density at radius 1 is 1.14 bits per heavy atom.